The molecule has 0 aliphatic carbocycles. The SMILES string of the molecule is CCc1ccccc1C(N)Cc1ccc(Br)cn1. The molecule has 94 valence electrons. The van der Waals surface area contributed by atoms with Crippen LogP contribution in [0.25, 0.3) is 0 Å². The molecule has 0 spiro atoms. The maximum atomic E-state index is 6.29. The van der Waals surface area contributed by atoms with Crippen LogP contribution in [0.5, 0.6) is 0 Å². The Bertz CT molecular complexity index is 508. The van der Waals surface area contributed by atoms with E-state index in [1.807, 2.05) is 24.4 Å². The smallest absolute Gasteiger partial charge is 0.0423 e. The topological polar surface area (TPSA) is 38.9 Å². The molecular weight excluding hydrogens is 288 g/mol. The number of aromatic nitrogens is 1. The Hall–Kier alpha value is -1.19. The van der Waals surface area contributed by atoms with Crippen LogP contribution in [0.2, 0.25) is 0 Å². The van der Waals surface area contributed by atoms with Crippen molar-refractivity contribution in [3.8, 4) is 0 Å². The van der Waals surface area contributed by atoms with Crippen molar-refractivity contribution in [2.45, 2.75) is 25.8 Å². The van der Waals surface area contributed by atoms with Crippen LogP contribution in [-0.2, 0) is 12.8 Å². The van der Waals surface area contributed by atoms with Crippen molar-refractivity contribution < 1.29 is 0 Å². The molecule has 0 amide bonds. The quantitative estimate of drug-likeness (QED) is 0.936. The molecule has 0 fully saturated rings. The van der Waals surface area contributed by atoms with Gasteiger partial charge in [0.2, 0.25) is 0 Å². The lowest BCUT2D eigenvalue weighted by Gasteiger charge is -2.15. The van der Waals surface area contributed by atoms with Crippen LogP contribution in [0.4, 0.5) is 0 Å². The van der Waals surface area contributed by atoms with Crippen LogP contribution in [0, 0.1) is 0 Å². The highest BCUT2D eigenvalue weighted by Crippen LogP contribution is 2.20. The van der Waals surface area contributed by atoms with Gasteiger partial charge in [-0.15, -0.1) is 0 Å². The van der Waals surface area contributed by atoms with Gasteiger partial charge in [-0.2, -0.15) is 0 Å². The fraction of sp³-hybridized carbons (Fsp3) is 0.267. The summed E-state index contributed by atoms with van der Waals surface area (Å²) in [6.07, 6.45) is 3.59. The number of hydrogen-bond acceptors (Lipinski definition) is 2. The van der Waals surface area contributed by atoms with Gasteiger partial charge in [-0.3, -0.25) is 4.98 Å². The van der Waals surface area contributed by atoms with Crippen LogP contribution < -0.4 is 5.73 Å². The molecule has 0 saturated heterocycles. The van der Waals surface area contributed by atoms with Gasteiger partial charge in [-0.05, 0) is 45.6 Å². The normalized spacial score (nSPS) is 12.4. The Kier molecular flexibility index (Phi) is 4.50. The first kappa shape index (κ1) is 13.2. The molecule has 0 radical (unpaired) electrons. The molecule has 18 heavy (non-hydrogen) atoms. The summed E-state index contributed by atoms with van der Waals surface area (Å²) in [7, 11) is 0. The van der Waals surface area contributed by atoms with Gasteiger partial charge in [0.1, 0.15) is 0 Å². The van der Waals surface area contributed by atoms with Gasteiger partial charge in [0.15, 0.2) is 0 Å². The van der Waals surface area contributed by atoms with Crippen molar-refractivity contribution in [1.82, 2.24) is 4.98 Å². The highest BCUT2D eigenvalue weighted by atomic mass is 79.9. The number of nitrogens with two attached hydrogens (primary N) is 1. The molecule has 2 nitrogen and oxygen atoms in total. The lowest BCUT2D eigenvalue weighted by Crippen LogP contribution is -2.15. The molecule has 1 aromatic carbocycles. The Balaban J connectivity index is 2.16. The van der Waals surface area contributed by atoms with E-state index in [2.05, 4.69) is 46.0 Å². The Morgan fingerprint density at radius 3 is 2.67 bits per heavy atom. The molecule has 0 saturated carbocycles. The van der Waals surface area contributed by atoms with E-state index in [0.29, 0.717) is 0 Å². The van der Waals surface area contributed by atoms with Crippen molar-refractivity contribution >= 4 is 15.9 Å². The third kappa shape index (κ3) is 3.18. The molecule has 0 bridgehead atoms. The first-order valence-electron chi connectivity index (χ1n) is 6.14. The van der Waals surface area contributed by atoms with Crippen LogP contribution >= 0.6 is 15.9 Å². The lowest BCUT2D eigenvalue weighted by molar-refractivity contribution is 0.697. The maximum absolute atomic E-state index is 6.29. The third-order valence-corrected chi connectivity index (χ3v) is 3.52. The number of hydrogen-bond donors (Lipinski definition) is 1. The van der Waals surface area contributed by atoms with E-state index in [1.54, 1.807) is 0 Å². The zero-order valence-corrected chi connectivity index (χ0v) is 12.0. The number of nitrogens with zero attached hydrogens (tertiary/aromatic N) is 1. The average molecular weight is 305 g/mol. The van der Waals surface area contributed by atoms with Crippen molar-refractivity contribution in [2.75, 3.05) is 0 Å². The fourth-order valence-electron chi connectivity index (χ4n) is 2.08. The molecule has 2 N–H and O–H groups in total. The number of pyridine rings is 1. The van der Waals surface area contributed by atoms with Crippen molar-refractivity contribution in [2.24, 2.45) is 5.73 Å². The van der Waals surface area contributed by atoms with Gasteiger partial charge >= 0.3 is 0 Å². The number of aryl methyl sites for hydroxylation is 1. The highest BCUT2D eigenvalue weighted by Gasteiger charge is 2.11. The van der Waals surface area contributed by atoms with Crippen LogP contribution in [0.1, 0.15) is 29.8 Å². The predicted molar refractivity (Wildman–Crippen MR) is 78.4 cm³/mol. The zero-order valence-electron chi connectivity index (χ0n) is 10.4. The van der Waals surface area contributed by atoms with E-state index in [0.717, 1.165) is 23.0 Å². The monoisotopic (exact) mass is 304 g/mol. The second kappa shape index (κ2) is 6.12. The molecule has 0 aliphatic heterocycles. The van der Waals surface area contributed by atoms with E-state index in [4.69, 9.17) is 5.73 Å². The molecule has 1 aromatic heterocycles. The number of benzene rings is 1. The minimum atomic E-state index is 0.00910. The largest absolute Gasteiger partial charge is 0.324 e. The minimum absolute atomic E-state index is 0.00910. The van der Waals surface area contributed by atoms with Gasteiger partial charge in [0.05, 0.1) is 0 Å². The summed E-state index contributed by atoms with van der Waals surface area (Å²) >= 11 is 3.39. The summed E-state index contributed by atoms with van der Waals surface area (Å²) in [6.45, 7) is 2.16. The summed E-state index contributed by atoms with van der Waals surface area (Å²) in [6, 6.07) is 12.4. The van der Waals surface area contributed by atoms with E-state index >= 15 is 0 Å². The summed E-state index contributed by atoms with van der Waals surface area (Å²) in [5.41, 5.74) is 9.86. The Morgan fingerprint density at radius 1 is 1.22 bits per heavy atom. The van der Waals surface area contributed by atoms with Gasteiger partial charge in [-0.1, -0.05) is 31.2 Å². The standard InChI is InChI=1S/C15H17BrN2/c1-2-11-5-3-4-6-14(11)15(17)9-13-8-7-12(16)10-18-13/h3-8,10,15H,2,9,17H2,1H3. The number of rotatable bonds is 4. The zero-order chi connectivity index (χ0) is 13.0. The van der Waals surface area contributed by atoms with E-state index in [1.165, 1.54) is 11.1 Å². The van der Waals surface area contributed by atoms with Crippen LogP contribution in [0.15, 0.2) is 47.1 Å². The first-order chi connectivity index (χ1) is 8.70. The van der Waals surface area contributed by atoms with Gasteiger partial charge in [0.25, 0.3) is 0 Å². The second-order valence-electron chi connectivity index (χ2n) is 4.33. The fourth-order valence-corrected chi connectivity index (χ4v) is 2.31. The third-order valence-electron chi connectivity index (χ3n) is 3.05. The molecule has 3 heteroatoms. The molecule has 1 atom stereocenters. The molecular formula is C15H17BrN2. The minimum Gasteiger partial charge on any atom is -0.324 e. The Morgan fingerprint density at radius 2 is 2.00 bits per heavy atom. The van der Waals surface area contributed by atoms with Gasteiger partial charge in [0, 0.05) is 28.8 Å². The van der Waals surface area contributed by atoms with Crippen molar-refractivity contribution in [3.63, 3.8) is 0 Å². The lowest BCUT2D eigenvalue weighted by atomic mass is 9.96. The molecule has 2 aromatic rings. The van der Waals surface area contributed by atoms with E-state index in [9.17, 15) is 0 Å². The Labute approximate surface area is 116 Å². The van der Waals surface area contributed by atoms with Crippen LogP contribution in [-0.4, -0.2) is 4.98 Å². The summed E-state index contributed by atoms with van der Waals surface area (Å²) in [4.78, 5) is 4.37. The molecule has 0 aliphatic rings. The second-order valence-corrected chi connectivity index (χ2v) is 5.25. The van der Waals surface area contributed by atoms with Crippen LogP contribution in [0.3, 0.4) is 0 Å². The average Bonchev–Trinajstić information content (AvgIpc) is 2.41. The maximum Gasteiger partial charge on any atom is 0.0423 e. The van der Waals surface area contributed by atoms with E-state index < -0.39 is 0 Å². The van der Waals surface area contributed by atoms with Gasteiger partial charge < -0.3 is 5.73 Å². The molecule has 1 heterocycles. The molecule has 2 rings (SSSR count). The van der Waals surface area contributed by atoms with Gasteiger partial charge in [-0.25, -0.2) is 0 Å². The predicted octanol–water partition coefficient (Wildman–Crippen LogP) is 3.65. The molecule has 1 unspecified atom stereocenters. The van der Waals surface area contributed by atoms with E-state index in [-0.39, 0.29) is 6.04 Å². The summed E-state index contributed by atoms with van der Waals surface area (Å²) in [5, 5.41) is 0. The highest BCUT2D eigenvalue weighted by molar-refractivity contribution is 9.10. The first-order valence-corrected chi connectivity index (χ1v) is 6.93. The van der Waals surface area contributed by atoms with Crippen molar-refractivity contribution in [1.29, 1.82) is 0 Å². The van der Waals surface area contributed by atoms with Crippen molar-refractivity contribution in [3.05, 3.63) is 63.9 Å². The number of halogens is 1. The summed E-state index contributed by atoms with van der Waals surface area (Å²) < 4.78 is 0.994. The summed E-state index contributed by atoms with van der Waals surface area (Å²) in [5.74, 6) is 0.